The van der Waals surface area contributed by atoms with Crippen LogP contribution in [0.5, 0.6) is 17.2 Å². The lowest BCUT2D eigenvalue weighted by molar-refractivity contribution is 0.121. The fraction of sp³-hybridized carbons (Fsp3) is 0.393. The van der Waals surface area contributed by atoms with Crippen LogP contribution in [0.4, 0.5) is 17.6 Å². The number of nitrogens with one attached hydrogen (secondary N) is 1. The van der Waals surface area contributed by atoms with Gasteiger partial charge in [0.1, 0.15) is 24.8 Å². The molecule has 2 aliphatic rings. The van der Waals surface area contributed by atoms with Crippen molar-refractivity contribution in [1.29, 1.82) is 0 Å². The SMILES string of the molecule is COc1ccccc1OCCOc1ccccc1/C=N\Nc1cc(N2CCOCC2)nc(N2CCOCC2)n1. The van der Waals surface area contributed by atoms with E-state index in [9.17, 15) is 0 Å². The molecule has 2 fully saturated rings. The van der Waals surface area contributed by atoms with Gasteiger partial charge >= 0.3 is 0 Å². The number of methoxy groups -OCH3 is 1. The van der Waals surface area contributed by atoms with Gasteiger partial charge in [0.05, 0.1) is 39.8 Å². The van der Waals surface area contributed by atoms with Crippen LogP contribution in [-0.2, 0) is 9.47 Å². The number of nitrogens with zero attached hydrogens (tertiary/aromatic N) is 5. The van der Waals surface area contributed by atoms with E-state index in [0.717, 1.165) is 37.6 Å². The van der Waals surface area contributed by atoms with E-state index in [-0.39, 0.29) is 0 Å². The molecule has 1 aromatic heterocycles. The second-order valence-electron chi connectivity index (χ2n) is 8.87. The Bertz CT molecular complexity index is 1190. The smallest absolute Gasteiger partial charge is 0.229 e. The lowest BCUT2D eigenvalue weighted by atomic mass is 10.2. The van der Waals surface area contributed by atoms with Gasteiger partial charge in [0.25, 0.3) is 0 Å². The van der Waals surface area contributed by atoms with E-state index in [2.05, 4.69) is 20.3 Å². The molecule has 0 radical (unpaired) electrons. The summed E-state index contributed by atoms with van der Waals surface area (Å²) in [5.74, 6) is 4.21. The lowest BCUT2D eigenvalue weighted by Gasteiger charge is -2.31. The van der Waals surface area contributed by atoms with Crippen molar-refractivity contribution in [3.8, 4) is 17.2 Å². The lowest BCUT2D eigenvalue weighted by Crippen LogP contribution is -2.39. The van der Waals surface area contributed by atoms with Gasteiger partial charge in [-0.2, -0.15) is 15.1 Å². The second kappa shape index (κ2) is 13.6. The summed E-state index contributed by atoms with van der Waals surface area (Å²) >= 11 is 0. The number of aromatic nitrogens is 2. The van der Waals surface area contributed by atoms with Crippen molar-refractivity contribution < 1.29 is 23.7 Å². The first-order chi connectivity index (χ1) is 19.3. The van der Waals surface area contributed by atoms with Crippen LogP contribution < -0.4 is 29.4 Å². The summed E-state index contributed by atoms with van der Waals surface area (Å²) in [5.41, 5.74) is 3.92. The minimum absolute atomic E-state index is 0.369. The van der Waals surface area contributed by atoms with Crippen molar-refractivity contribution in [2.45, 2.75) is 0 Å². The largest absolute Gasteiger partial charge is 0.493 e. The Kier molecular flexibility index (Phi) is 9.27. The summed E-state index contributed by atoms with van der Waals surface area (Å²) in [6, 6.07) is 17.2. The number of rotatable bonds is 11. The van der Waals surface area contributed by atoms with Crippen LogP contribution >= 0.6 is 0 Å². The van der Waals surface area contributed by atoms with Crippen molar-refractivity contribution in [2.24, 2.45) is 5.10 Å². The third kappa shape index (κ3) is 7.27. The van der Waals surface area contributed by atoms with Gasteiger partial charge < -0.3 is 33.5 Å². The van der Waals surface area contributed by atoms with Gasteiger partial charge in [0, 0.05) is 37.8 Å². The molecule has 0 aliphatic carbocycles. The summed E-state index contributed by atoms with van der Waals surface area (Å²) < 4.78 is 28.1. The topological polar surface area (TPSA) is 103 Å². The molecule has 39 heavy (non-hydrogen) atoms. The molecule has 5 rings (SSSR count). The van der Waals surface area contributed by atoms with Gasteiger partial charge in [0.2, 0.25) is 5.95 Å². The highest BCUT2D eigenvalue weighted by Gasteiger charge is 2.19. The molecular formula is C28H34N6O5. The fourth-order valence-electron chi connectivity index (χ4n) is 4.27. The van der Waals surface area contributed by atoms with Crippen LogP contribution in [-0.4, -0.2) is 89.1 Å². The number of hydrogen-bond donors (Lipinski definition) is 1. The Labute approximate surface area is 228 Å². The quantitative estimate of drug-likeness (QED) is 0.224. The number of para-hydroxylation sites is 3. The molecular weight excluding hydrogens is 500 g/mol. The molecule has 206 valence electrons. The van der Waals surface area contributed by atoms with E-state index in [1.807, 2.05) is 54.6 Å². The third-order valence-electron chi connectivity index (χ3n) is 6.30. The Morgan fingerprint density at radius 1 is 0.821 bits per heavy atom. The van der Waals surface area contributed by atoms with E-state index in [1.54, 1.807) is 13.3 Å². The first-order valence-electron chi connectivity index (χ1n) is 13.1. The summed E-state index contributed by atoms with van der Waals surface area (Å²) in [5, 5.41) is 4.46. The van der Waals surface area contributed by atoms with E-state index >= 15 is 0 Å². The van der Waals surface area contributed by atoms with Crippen molar-refractivity contribution in [1.82, 2.24) is 9.97 Å². The summed E-state index contributed by atoms with van der Waals surface area (Å²) in [4.78, 5) is 13.9. The zero-order chi connectivity index (χ0) is 26.7. The second-order valence-corrected chi connectivity index (χ2v) is 8.87. The predicted octanol–water partition coefficient (Wildman–Crippen LogP) is 3.06. The molecule has 0 bridgehead atoms. The van der Waals surface area contributed by atoms with Crippen LogP contribution in [0.15, 0.2) is 59.7 Å². The van der Waals surface area contributed by atoms with Gasteiger partial charge in [-0.05, 0) is 24.3 Å². The van der Waals surface area contributed by atoms with Gasteiger partial charge in [-0.1, -0.05) is 24.3 Å². The van der Waals surface area contributed by atoms with E-state index in [0.29, 0.717) is 68.7 Å². The maximum absolute atomic E-state index is 5.98. The van der Waals surface area contributed by atoms with Gasteiger partial charge in [0.15, 0.2) is 17.3 Å². The maximum Gasteiger partial charge on any atom is 0.229 e. The maximum atomic E-state index is 5.98. The van der Waals surface area contributed by atoms with Crippen molar-refractivity contribution in [2.75, 3.05) is 88.2 Å². The highest BCUT2D eigenvalue weighted by atomic mass is 16.5. The minimum Gasteiger partial charge on any atom is -0.493 e. The summed E-state index contributed by atoms with van der Waals surface area (Å²) in [6.07, 6.45) is 1.72. The molecule has 0 unspecified atom stereocenters. The van der Waals surface area contributed by atoms with Crippen molar-refractivity contribution >= 4 is 23.8 Å². The Hall–Kier alpha value is -4.09. The predicted molar refractivity (Wildman–Crippen MR) is 150 cm³/mol. The molecule has 0 amide bonds. The van der Waals surface area contributed by atoms with Gasteiger partial charge in [-0.3, -0.25) is 5.43 Å². The van der Waals surface area contributed by atoms with Crippen LogP contribution in [0, 0.1) is 0 Å². The third-order valence-corrected chi connectivity index (χ3v) is 6.30. The Morgan fingerprint density at radius 3 is 2.15 bits per heavy atom. The van der Waals surface area contributed by atoms with Crippen LogP contribution in [0.1, 0.15) is 5.56 Å². The molecule has 11 nitrogen and oxygen atoms in total. The molecule has 0 atom stereocenters. The number of benzene rings is 2. The van der Waals surface area contributed by atoms with Crippen LogP contribution in [0.2, 0.25) is 0 Å². The van der Waals surface area contributed by atoms with Gasteiger partial charge in [-0.25, -0.2) is 0 Å². The molecule has 11 heteroatoms. The molecule has 3 heterocycles. The minimum atomic E-state index is 0.369. The van der Waals surface area contributed by atoms with Crippen molar-refractivity contribution in [3.05, 3.63) is 60.2 Å². The van der Waals surface area contributed by atoms with Crippen LogP contribution in [0.25, 0.3) is 0 Å². The number of hydrogen-bond acceptors (Lipinski definition) is 11. The standard InChI is InChI=1S/C28H34N6O5/c1-35-24-8-4-5-9-25(24)39-19-18-38-23-7-3-2-6-22(23)21-29-32-26-20-27(33-10-14-36-15-11-33)31-28(30-26)34-12-16-37-17-13-34/h2-9,20-21H,10-19H2,1H3,(H,30,31,32)/b29-21-. The molecule has 2 aromatic carbocycles. The number of anilines is 3. The molecule has 0 saturated carbocycles. The van der Waals surface area contributed by atoms with E-state index in [1.165, 1.54) is 0 Å². The molecule has 0 spiro atoms. The van der Waals surface area contributed by atoms with Gasteiger partial charge in [-0.15, -0.1) is 0 Å². The van der Waals surface area contributed by atoms with Crippen molar-refractivity contribution in [3.63, 3.8) is 0 Å². The Balaban J connectivity index is 1.23. The fourth-order valence-corrected chi connectivity index (χ4v) is 4.27. The Morgan fingerprint density at radius 2 is 1.44 bits per heavy atom. The first-order valence-corrected chi connectivity index (χ1v) is 13.1. The highest BCUT2D eigenvalue weighted by molar-refractivity contribution is 5.84. The van der Waals surface area contributed by atoms with E-state index < -0.39 is 0 Å². The zero-order valence-electron chi connectivity index (χ0n) is 22.1. The molecule has 2 saturated heterocycles. The number of morpholine rings is 2. The average Bonchev–Trinajstić information content (AvgIpc) is 3.01. The normalized spacial score (nSPS) is 15.8. The van der Waals surface area contributed by atoms with Crippen LogP contribution in [0.3, 0.4) is 0 Å². The molecule has 3 aromatic rings. The zero-order valence-corrected chi connectivity index (χ0v) is 22.1. The molecule has 2 aliphatic heterocycles. The monoisotopic (exact) mass is 534 g/mol. The molecule has 1 N–H and O–H groups in total. The average molecular weight is 535 g/mol. The summed E-state index contributed by atoms with van der Waals surface area (Å²) in [7, 11) is 1.62. The number of ether oxygens (including phenoxy) is 5. The van der Waals surface area contributed by atoms with E-state index in [4.69, 9.17) is 33.7 Å². The summed E-state index contributed by atoms with van der Waals surface area (Å²) in [6.45, 7) is 6.49. The number of hydrazone groups is 1. The first kappa shape index (κ1) is 26.5. The highest BCUT2D eigenvalue weighted by Crippen LogP contribution is 2.26.